The lowest BCUT2D eigenvalue weighted by Gasteiger charge is -2.25. The minimum Gasteiger partial charge on any atom is -0.155 e. The zero-order valence-electron chi connectivity index (χ0n) is 10.2. The number of alkyl halides is 1. The first-order valence-corrected chi connectivity index (χ1v) is 9.88. The van der Waals surface area contributed by atoms with Crippen LogP contribution in [-0.2, 0) is 0 Å². The first-order valence-electron chi connectivity index (χ1n) is 6.13. The lowest BCUT2D eigenvalue weighted by Crippen LogP contribution is -2.53. The van der Waals surface area contributed by atoms with Crippen molar-refractivity contribution in [3.8, 4) is 0 Å². The normalized spacial score (nSPS) is 11.4. The highest BCUT2D eigenvalue weighted by Gasteiger charge is 2.34. The van der Waals surface area contributed by atoms with E-state index in [1.807, 2.05) is 12.1 Å². The van der Waals surface area contributed by atoms with E-state index < -0.39 is 7.38 Å². The highest BCUT2D eigenvalue weighted by atomic mass is 35.6. The zero-order valence-corrected chi connectivity index (χ0v) is 12.7. The Morgan fingerprint density at radius 1 is 0.778 bits per heavy atom. The van der Waals surface area contributed by atoms with Crippen molar-refractivity contribution < 1.29 is 0 Å². The summed E-state index contributed by atoms with van der Waals surface area (Å²) in [7, 11) is -2.13. The maximum absolute atomic E-state index is 7.05. The monoisotopic (exact) mass is 294 g/mol. The number of halogens is 2. The van der Waals surface area contributed by atoms with Gasteiger partial charge in [0.05, 0.1) is 0 Å². The fraction of sp³-hybridized carbons (Fsp3) is 0.200. The van der Waals surface area contributed by atoms with Crippen LogP contribution in [-0.4, -0.2) is 13.3 Å². The van der Waals surface area contributed by atoms with Crippen LogP contribution < -0.4 is 10.4 Å². The van der Waals surface area contributed by atoms with E-state index in [0.29, 0.717) is 5.88 Å². The lowest BCUT2D eigenvalue weighted by atomic mass is 10.4. The Morgan fingerprint density at radius 3 is 1.61 bits per heavy atom. The third-order valence-electron chi connectivity index (χ3n) is 3.12. The van der Waals surface area contributed by atoms with Crippen molar-refractivity contribution in [1.82, 2.24) is 0 Å². The summed E-state index contributed by atoms with van der Waals surface area (Å²) in [5.74, 6) is 0.668. The van der Waals surface area contributed by atoms with E-state index in [9.17, 15) is 0 Å². The zero-order chi connectivity index (χ0) is 12.8. The van der Waals surface area contributed by atoms with Crippen LogP contribution in [0.1, 0.15) is 6.42 Å². The molecule has 0 atom stereocenters. The fourth-order valence-electron chi connectivity index (χ4n) is 2.17. The Bertz CT molecular complexity index is 431. The van der Waals surface area contributed by atoms with Crippen LogP contribution in [0, 0.1) is 0 Å². The second-order valence-corrected chi connectivity index (χ2v) is 9.90. The highest BCUT2D eigenvalue weighted by molar-refractivity contribution is 7.34. The maximum atomic E-state index is 7.05. The van der Waals surface area contributed by atoms with Crippen LogP contribution in [0.25, 0.3) is 0 Å². The van der Waals surface area contributed by atoms with Crippen LogP contribution in [0.5, 0.6) is 0 Å². The Morgan fingerprint density at radius 2 is 1.22 bits per heavy atom. The predicted octanol–water partition coefficient (Wildman–Crippen LogP) is 3.61. The molecule has 0 N–H and O–H groups in total. The molecule has 2 aromatic rings. The van der Waals surface area contributed by atoms with Crippen LogP contribution >= 0.6 is 22.7 Å². The minimum absolute atomic E-state index is 0.668. The molecule has 0 bridgehead atoms. The average Bonchev–Trinajstić information content (AvgIpc) is 2.46. The van der Waals surface area contributed by atoms with E-state index in [1.54, 1.807) is 0 Å². The highest BCUT2D eigenvalue weighted by Crippen LogP contribution is 2.18. The number of hydrogen-bond acceptors (Lipinski definition) is 0. The Balaban J connectivity index is 2.41. The maximum Gasteiger partial charge on any atom is 0.217 e. The third-order valence-corrected chi connectivity index (χ3v) is 8.80. The Hall–Kier alpha value is -0.763. The molecule has 0 saturated carbocycles. The average molecular weight is 295 g/mol. The summed E-state index contributed by atoms with van der Waals surface area (Å²) in [5.41, 5.74) is 0. The van der Waals surface area contributed by atoms with Gasteiger partial charge in [-0.25, -0.2) is 0 Å². The van der Waals surface area contributed by atoms with Gasteiger partial charge in [-0.2, -0.15) is 11.1 Å². The smallest absolute Gasteiger partial charge is 0.155 e. The van der Waals surface area contributed by atoms with Gasteiger partial charge < -0.3 is 0 Å². The molecule has 0 unspecified atom stereocenters. The summed E-state index contributed by atoms with van der Waals surface area (Å²) in [4.78, 5) is 0. The first-order chi connectivity index (χ1) is 8.77. The van der Waals surface area contributed by atoms with Crippen molar-refractivity contribution in [3.63, 3.8) is 0 Å². The van der Waals surface area contributed by atoms with Gasteiger partial charge in [0, 0.05) is 5.88 Å². The topological polar surface area (TPSA) is 0 Å². The Labute approximate surface area is 119 Å². The van der Waals surface area contributed by atoms with Crippen LogP contribution in [0.3, 0.4) is 0 Å². The summed E-state index contributed by atoms with van der Waals surface area (Å²) < 4.78 is 0. The standard InChI is InChI=1S/C15H16Cl2Si/c16-12-7-13-18(17,14-8-3-1-4-9-14)15-10-5-2-6-11-15/h1-6,8-11H,7,12-13H2. The van der Waals surface area contributed by atoms with E-state index in [2.05, 4.69) is 48.5 Å². The van der Waals surface area contributed by atoms with E-state index in [0.717, 1.165) is 12.5 Å². The molecule has 3 heteroatoms. The molecule has 0 aromatic heterocycles. The summed E-state index contributed by atoms with van der Waals surface area (Å²) in [6.45, 7) is 0. The van der Waals surface area contributed by atoms with Crippen molar-refractivity contribution in [2.24, 2.45) is 0 Å². The molecular weight excluding hydrogens is 279 g/mol. The van der Waals surface area contributed by atoms with Gasteiger partial charge in [-0.3, -0.25) is 0 Å². The molecule has 0 aliphatic rings. The van der Waals surface area contributed by atoms with Crippen molar-refractivity contribution in [2.45, 2.75) is 12.5 Å². The van der Waals surface area contributed by atoms with E-state index in [-0.39, 0.29) is 0 Å². The molecule has 0 fully saturated rings. The van der Waals surface area contributed by atoms with Gasteiger partial charge in [-0.1, -0.05) is 60.7 Å². The largest absolute Gasteiger partial charge is 0.217 e. The molecule has 0 aliphatic heterocycles. The second-order valence-electron chi connectivity index (χ2n) is 4.33. The predicted molar refractivity (Wildman–Crippen MR) is 83.9 cm³/mol. The summed E-state index contributed by atoms with van der Waals surface area (Å²) >= 11 is 12.9. The summed E-state index contributed by atoms with van der Waals surface area (Å²) in [6, 6.07) is 21.8. The first kappa shape index (κ1) is 13.7. The second kappa shape index (κ2) is 6.42. The van der Waals surface area contributed by atoms with Crippen LogP contribution in [0.2, 0.25) is 6.04 Å². The van der Waals surface area contributed by atoms with E-state index in [4.69, 9.17) is 22.7 Å². The van der Waals surface area contributed by atoms with Gasteiger partial charge >= 0.3 is 0 Å². The van der Waals surface area contributed by atoms with Gasteiger partial charge in [0.1, 0.15) is 0 Å². The quantitative estimate of drug-likeness (QED) is 0.449. The van der Waals surface area contributed by atoms with E-state index in [1.165, 1.54) is 10.4 Å². The van der Waals surface area contributed by atoms with Gasteiger partial charge in [0.2, 0.25) is 7.38 Å². The van der Waals surface area contributed by atoms with Crippen molar-refractivity contribution in [1.29, 1.82) is 0 Å². The van der Waals surface area contributed by atoms with Crippen molar-refractivity contribution in [3.05, 3.63) is 60.7 Å². The van der Waals surface area contributed by atoms with Gasteiger partial charge in [0.25, 0.3) is 0 Å². The molecule has 0 radical (unpaired) electrons. The van der Waals surface area contributed by atoms with Crippen molar-refractivity contribution >= 4 is 40.4 Å². The van der Waals surface area contributed by atoms with E-state index >= 15 is 0 Å². The third kappa shape index (κ3) is 2.97. The molecule has 0 nitrogen and oxygen atoms in total. The number of rotatable bonds is 5. The molecule has 0 heterocycles. The molecule has 0 saturated heterocycles. The molecule has 0 aliphatic carbocycles. The van der Waals surface area contributed by atoms with Crippen LogP contribution in [0.15, 0.2) is 60.7 Å². The molecule has 0 spiro atoms. The molecule has 0 amide bonds. The number of benzene rings is 2. The van der Waals surface area contributed by atoms with Gasteiger partial charge in [-0.05, 0) is 22.8 Å². The SMILES string of the molecule is ClCCC[Si](Cl)(c1ccccc1)c1ccccc1. The fourth-order valence-corrected chi connectivity index (χ4v) is 6.70. The summed E-state index contributed by atoms with van der Waals surface area (Å²) in [6.07, 6.45) is 0.959. The van der Waals surface area contributed by atoms with Gasteiger partial charge in [0.15, 0.2) is 0 Å². The van der Waals surface area contributed by atoms with Crippen molar-refractivity contribution in [2.75, 3.05) is 5.88 Å². The lowest BCUT2D eigenvalue weighted by molar-refractivity contribution is 1.08. The molecular formula is C15H16Cl2Si. The van der Waals surface area contributed by atoms with Crippen LogP contribution in [0.4, 0.5) is 0 Å². The molecule has 94 valence electrons. The molecule has 2 rings (SSSR count). The Kier molecular flexibility index (Phi) is 4.87. The minimum atomic E-state index is -2.13. The van der Waals surface area contributed by atoms with Gasteiger partial charge in [-0.15, -0.1) is 11.6 Å². The summed E-state index contributed by atoms with van der Waals surface area (Å²) in [5, 5.41) is 2.53. The molecule has 18 heavy (non-hydrogen) atoms. The number of hydrogen-bond donors (Lipinski definition) is 0. The molecule has 2 aromatic carbocycles.